The zero-order valence-corrected chi connectivity index (χ0v) is 10.8. The van der Waals surface area contributed by atoms with E-state index < -0.39 is 0 Å². The van der Waals surface area contributed by atoms with E-state index in [1.54, 1.807) is 6.26 Å². The molecule has 0 aliphatic rings. The Morgan fingerprint density at radius 1 is 1.26 bits per heavy atom. The van der Waals surface area contributed by atoms with Gasteiger partial charge in [0.05, 0.1) is 23.9 Å². The van der Waals surface area contributed by atoms with Crippen LogP contribution in [-0.4, -0.2) is 14.7 Å². The van der Waals surface area contributed by atoms with Crippen molar-refractivity contribution in [3.63, 3.8) is 0 Å². The highest BCUT2D eigenvalue weighted by Crippen LogP contribution is 2.18. The van der Waals surface area contributed by atoms with Crippen molar-refractivity contribution in [2.24, 2.45) is 7.05 Å². The van der Waals surface area contributed by atoms with Crippen LogP contribution in [0.5, 0.6) is 0 Å². The Labute approximate surface area is 111 Å². The molecule has 98 valence electrons. The molecule has 0 saturated carbocycles. The first kappa shape index (κ1) is 12.0. The van der Waals surface area contributed by atoms with Gasteiger partial charge in [-0.1, -0.05) is 6.07 Å². The summed E-state index contributed by atoms with van der Waals surface area (Å²) < 4.78 is 7.42. The molecule has 0 aliphatic carbocycles. The van der Waals surface area contributed by atoms with Crippen molar-refractivity contribution in [1.29, 1.82) is 0 Å². The Morgan fingerprint density at radius 3 is 2.89 bits per heavy atom. The fraction of sp³-hybridized carbons (Fsp3) is 0.267. The van der Waals surface area contributed by atoms with Crippen LogP contribution < -0.4 is 0 Å². The summed E-state index contributed by atoms with van der Waals surface area (Å²) in [6.07, 6.45) is 3.38. The Balaban J connectivity index is 1.89. The molecule has 3 rings (SSSR count). The number of hydrogen-bond acceptors (Lipinski definition) is 3. The molecule has 0 amide bonds. The number of imidazole rings is 1. The van der Waals surface area contributed by atoms with Crippen LogP contribution in [0.4, 0.5) is 0 Å². The smallest absolute Gasteiger partial charge is 0.110 e. The number of aliphatic hydroxyl groups excluding tert-OH is 1. The van der Waals surface area contributed by atoms with E-state index in [0.29, 0.717) is 0 Å². The third kappa shape index (κ3) is 2.27. The summed E-state index contributed by atoms with van der Waals surface area (Å²) in [5, 5.41) is 9.18. The van der Waals surface area contributed by atoms with Gasteiger partial charge in [-0.15, -0.1) is 0 Å². The summed E-state index contributed by atoms with van der Waals surface area (Å²) in [6, 6.07) is 9.73. The van der Waals surface area contributed by atoms with Gasteiger partial charge in [0.25, 0.3) is 0 Å². The summed E-state index contributed by atoms with van der Waals surface area (Å²) in [6.45, 7) is 0.0584. The van der Waals surface area contributed by atoms with E-state index >= 15 is 0 Å². The average Bonchev–Trinajstić information content (AvgIpc) is 3.05. The molecule has 1 N–H and O–H groups in total. The summed E-state index contributed by atoms with van der Waals surface area (Å²) >= 11 is 0. The third-order valence-electron chi connectivity index (χ3n) is 3.40. The highest BCUT2D eigenvalue weighted by Gasteiger charge is 2.09. The molecule has 19 heavy (non-hydrogen) atoms. The normalized spacial score (nSPS) is 11.3. The van der Waals surface area contributed by atoms with Crippen molar-refractivity contribution >= 4 is 11.0 Å². The predicted molar refractivity (Wildman–Crippen MR) is 72.8 cm³/mol. The van der Waals surface area contributed by atoms with Crippen molar-refractivity contribution in [2.75, 3.05) is 0 Å². The van der Waals surface area contributed by atoms with E-state index in [9.17, 15) is 5.11 Å². The molecular weight excluding hydrogens is 240 g/mol. The van der Waals surface area contributed by atoms with Gasteiger partial charge in [-0.2, -0.15) is 0 Å². The highest BCUT2D eigenvalue weighted by molar-refractivity contribution is 5.76. The fourth-order valence-electron chi connectivity index (χ4n) is 2.30. The lowest BCUT2D eigenvalue weighted by atomic mass is 10.2. The zero-order chi connectivity index (χ0) is 13.2. The minimum absolute atomic E-state index is 0.0584. The number of rotatable bonds is 4. The van der Waals surface area contributed by atoms with Crippen LogP contribution >= 0.6 is 0 Å². The lowest BCUT2D eigenvalue weighted by Crippen LogP contribution is -2.00. The second-order valence-corrected chi connectivity index (χ2v) is 4.65. The molecule has 0 spiro atoms. The molecule has 1 aromatic carbocycles. The van der Waals surface area contributed by atoms with Gasteiger partial charge >= 0.3 is 0 Å². The van der Waals surface area contributed by atoms with Crippen LogP contribution in [-0.2, 0) is 26.5 Å². The van der Waals surface area contributed by atoms with Crippen LogP contribution in [0.1, 0.15) is 17.1 Å². The van der Waals surface area contributed by atoms with Crippen LogP contribution in [0.25, 0.3) is 11.0 Å². The van der Waals surface area contributed by atoms with Crippen molar-refractivity contribution in [3.8, 4) is 0 Å². The number of aliphatic hydroxyl groups is 1. The van der Waals surface area contributed by atoms with Gasteiger partial charge in [-0.05, 0) is 29.8 Å². The number of nitrogens with zero attached hydrogens (tertiary/aromatic N) is 2. The minimum atomic E-state index is 0.0584. The second kappa shape index (κ2) is 4.90. The van der Waals surface area contributed by atoms with E-state index in [1.807, 2.05) is 37.4 Å². The summed E-state index contributed by atoms with van der Waals surface area (Å²) in [4.78, 5) is 4.63. The molecule has 0 unspecified atom stereocenters. The van der Waals surface area contributed by atoms with Gasteiger partial charge in [0.2, 0.25) is 0 Å². The van der Waals surface area contributed by atoms with Gasteiger partial charge in [-0.25, -0.2) is 4.98 Å². The monoisotopic (exact) mass is 256 g/mol. The maximum absolute atomic E-state index is 9.18. The maximum Gasteiger partial charge on any atom is 0.110 e. The molecule has 0 bridgehead atoms. The number of fused-ring (bicyclic) bond motifs is 1. The average molecular weight is 256 g/mol. The number of hydrogen-bond donors (Lipinski definition) is 1. The number of benzene rings is 1. The van der Waals surface area contributed by atoms with Crippen molar-refractivity contribution in [2.45, 2.75) is 19.4 Å². The summed E-state index contributed by atoms with van der Waals surface area (Å²) in [5.74, 6) is 2.00. The minimum Gasteiger partial charge on any atom is -0.469 e. The van der Waals surface area contributed by atoms with Gasteiger partial charge < -0.3 is 14.1 Å². The third-order valence-corrected chi connectivity index (χ3v) is 3.40. The van der Waals surface area contributed by atoms with E-state index in [2.05, 4.69) is 9.55 Å². The zero-order valence-electron chi connectivity index (χ0n) is 10.8. The maximum atomic E-state index is 9.18. The van der Waals surface area contributed by atoms with Crippen LogP contribution in [0.2, 0.25) is 0 Å². The van der Waals surface area contributed by atoms with E-state index in [1.165, 1.54) is 0 Å². The Bertz CT molecular complexity index is 684. The Hall–Kier alpha value is -2.07. The first-order valence-corrected chi connectivity index (χ1v) is 6.35. The molecule has 4 nitrogen and oxygen atoms in total. The van der Waals surface area contributed by atoms with Crippen LogP contribution in [0.3, 0.4) is 0 Å². The topological polar surface area (TPSA) is 51.2 Å². The molecule has 0 saturated heterocycles. The van der Waals surface area contributed by atoms with E-state index in [4.69, 9.17) is 4.42 Å². The Kier molecular flexibility index (Phi) is 3.09. The van der Waals surface area contributed by atoms with E-state index in [-0.39, 0.29) is 6.61 Å². The first-order valence-electron chi connectivity index (χ1n) is 6.35. The van der Waals surface area contributed by atoms with Gasteiger partial charge in [-0.3, -0.25) is 0 Å². The molecule has 0 atom stereocenters. The SMILES string of the molecule is Cn1c(CCc2ccco2)nc2ccc(CO)cc21. The van der Waals surface area contributed by atoms with Crippen molar-refractivity contribution < 1.29 is 9.52 Å². The highest BCUT2D eigenvalue weighted by atomic mass is 16.3. The molecule has 4 heteroatoms. The Morgan fingerprint density at radius 2 is 2.16 bits per heavy atom. The number of furan rings is 1. The number of aryl methyl sites for hydroxylation is 3. The largest absolute Gasteiger partial charge is 0.469 e. The lowest BCUT2D eigenvalue weighted by molar-refractivity contribution is 0.282. The molecule has 2 aromatic heterocycles. The van der Waals surface area contributed by atoms with Crippen LogP contribution in [0.15, 0.2) is 41.0 Å². The standard InChI is InChI=1S/C15H16N2O2/c1-17-14-9-11(10-18)4-6-13(14)16-15(17)7-5-12-3-2-8-19-12/h2-4,6,8-9,18H,5,7,10H2,1H3. The van der Waals surface area contributed by atoms with Crippen LogP contribution in [0, 0.1) is 0 Å². The first-order chi connectivity index (χ1) is 9.28. The lowest BCUT2D eigenvalue weighted by Gasteiger charge is -2.01. The van der Waals surface area contributed by atoms with Gasteiger partial charge in [0, 0.05) is 19.9 Å². The molecular formula is C15H16N2O2. The number of aromatic nitrogens is 2. The predicted octanol–water partition coefficient (Wildman–Crippen LogP) is 2.44. The molecule has 0 fully saturated rings. The van der Waals surface area contributed by atoms with Gasteiger partial charge in [0.1, 0.15) is 11.6 Å². The van der Waals surface area contributed by atoms with Crippen molar-refractivity contribution in [1.82, 2.24) is 9.55 Å². The molecule has 0 aliphatic heterocycles. The molecule has 0 radical (unpaired) electrons. The second-order valence-electron chi connectivity index (χ2n) is 4.65. The van der Waals surface area contributed by atoms with E-state index in [0.717, 1.165) is 41.0 Å². The molecule has 2 heterocycles. The summed E-state index contributed by atoms with van der Waals surface area (Å²) in [7, 11) is 2.01. The van der Waals surface area contributed by atoms with Crippen molar-refractivity contribution in [3.05, 3.63) is 53.7 Å². The summed E-state index contributed by atoms with van der Waals surface area (Å²) in [5.41, 5.74) is 2.93. The molecule has 3 aromatic rings. The quantitative estimate of drug-likeness (QED) is 0.780. The van der Waals surface area contributed by atoms with Gasteiger partial charge in [0.15, 0.2) is 0 Å². The fourth-order valence-corrected chi connectivity index (χ4v) is 2.30.